The molecular formula is C13H22O. The molecule has 14 heavy (non-hydrogen) atoms. The quantitative estimate of drug-likeness (QED) is 0.327. The lowest BCUT2D eigenvalue weighted by Crippen LogP contribution is -1.79. The predicted octanol–water partition coefficient (Wildman–Crippen LogP) is 3.72. The van der Waals surface area contributed by atoms with Crippen LogP contribution < -0.4 is 0 Å². The van der Waals surface area contributed by atoms with Crippen LogP contribution in [0.2, 0.25) is 0 Å². The molecule has 0 aromatic heterocycles. The first-order valence-electron chi connectivity index (χ1n) is 5.81. The molecule has 1 heteroatoms. The molecule has 0 aromatic carbocycles. The highest BCUT2D eigenvalue weighted by molar-refractivity contribution is 5.48. The van der Waals surface area contributed by atoms with Crippen molar-refractivity contribution in [2.75, 3.05) is 0 Å². The van der Waals surface area contributed by atoms with Gasteiger partial charge in [-0.15, -0.1) is 11.8 Å². The molecule has 0 saturated heterocycles. The maximum Gasteiger partial charge on any atom is 0.119 e. The summed E-state index contributed by atoms with van der Waals surface area (Å²) in [4.78, 5) is 10.0. The average molecular weight is 194 g/mol. The van der Waals surface area contributed by atoms with E-state index < -0.39 is 0 Å². The molecule has 0 saturated carbocycles. The van der Waals surface area contributed by atoms with Crippen LogP contribution in [0.5, 0.6) is 0 Å². The van der Waals surface area contributed by atoms with Gasteiger partial charge in [0.1, 0.15) is 6.29 Å². The molecule has 0 aliphatic carbocycles. The molecule has 0 unspecified atom stereocenters. The van der Waals surface area contributed by atoms with Crippen LogP contribution in [-0.4, -0.2) is 6.29 Å². The van der Waals surface area contributed by atoms with Crippen molar-refractivity contribution in [3.8, 4) is 11.8 Å². The van der Waals surface area contributed by atoms with E-state index in [0.717, 1.165) is 32.0 Å². The Morgan fingerprint density at radius 1 is 0.929 bits per heavy atom. The molecule has 0 radical (unpaired) electrons. The Balaban J connectivity index is 3.03. The van der Waals surface area contributed by atoms with Crippen molar-refractivity contribution in [2.24, 2.45) is 0 Å². The van der Waals surface area contributed by atoms with E-state index in [2.05, 4.69) is 18.8 Å². The molecule has 0 bridgehead atoms. The summed E-state index contributed by atoms with van der Waals surface area (Å²) in [5.41, 5.74) is 0. The van der Waals surface area contributed by atoms with Gasteiger partial charge in [0.25, 0.3) is 0 Å². The first-order chi connectivity index (χ1) is 6.91. The van der Waals surface area contributed by atoms with E-state index in [4.69, 9.17) is 0 Å². The molecule has 0 spiro atoms. The van der Waals surface area contributed by atoms with Gasteiger partial charge in [-0.05, 0) is 19.3 Å². The van der Waals surface area contributed by atoms with Crippen molar-refractivity contribution in [3.05, 3.63) is 0 Å². The van der Waals surface area contributed by atoms with Gasteiger partial charge in [0, 0.05) is 19.3 Å². The van der Waals surface area contributed by atoms with Gasteiger partial charge in [0.15, 0.2) is 0 Å². The summed E-state index contributed by atoms with van der Waals surface area (Å²) in [6, 6.07) is 0. The van der Waals surface area contributed by atoms with Crippen molar-refractivity contribution in [1.82, 2.24) is 0 Å². The average Bonchev–Trinajstić information content (AvgIpc) is 2.21. The third-order valence-corrected chi connectivity index (χ3v) is 2.15. The summed E-state index contributed by atoms with van der Waals surface area (Å²) in [5.74, 6) is 6.37. The van der Waals surface area contributed by atoms with Crippen LogP contribution in [0.4, 0.5) is 0 Å². The Labute approximate surface area is 88.3 Å². The summed E-state index contributed by atoms with van der Waals surface area (Å²) in [6.45, 7) is 2.19. The van der Waals surface area contributed by atoms with Gasteiger partial charge in [0.05, 0.1) is 0 Å². The minimum atomic E-state index is 0.724. The zero-order valence-electron chi connectivity index (χ0n) is 9.35. The number of carbonyl (C=O) groups is 1. The molecule has 0 aliphatic rings. The fourth-order valence-corrected chi connectivity index (χ4v) is 1.24. The van der Waals surface area contributed by atoms with E-state index in [1.807, 2.05) is 0 Å². The number of carbonyl (C=O) groups excluding carboxylic acids is 1. The summed E-state index contributed by atoms with van der Waals surface area (Å²) in [6.07, 6.45) is 10.9. The molecule has 0 N–H and O–H groups in total. The Bertz CT molecular complexity index is 173. The number of hydrogen-bond acceptors (Lipinski definition) is 1. The molecule has 0 fully saturated rings. The molecule has 0 amide bonds. The summed E-state index contributed by atoms with van der Waals surface area (Å²) in [7, 11) is 0. The number of aldehydes is 1. The second-order valence-corrected chi connectivity index (χ2v) is 3.58. The first kappa shape index (κ1) is 13.2. The van der Waals surface area contributed by atoms with E-state index >= 15 is 0 Å². The van der Waals surface area contributed by atoms with Crippen LogP contribution in [-0.2, 0) is 4.79 Å². The van der Waals surface area contributed by atoms with E-state index in [1.54, 1.807) is 0 Å². The number of unbranched alkanes of at least 4 members (excludes halogenated alkanes) is 7. The largest absolute Gasteiger partial charge is 0.303 e. The Kier molecular flexibility index (Phi) is 11.6. The Morgan fingerprint density at radius 3 is 2.21 bits per heavy atom. The van der Waals surface area contributed by atoms with Crippen molar-refractivity contribution >= 4 is 6.29 Å². The molecule has 80 valence electrons. The van der Waals surface area contributed by atoms with Crippen LogP contribution in [0.25, 0.3) is 0 Å². The fourth-order valence-electron chi connectivity index (χ4n) is 1.24. The van der Waals surface area contributed by atoms with E-state index in [0.29, 0.717) is 0 Å². The molecule has 0 heterocycles. The minimum absolute atomic E-state index is 0.724. The topological polar surface area (TPSA) is 17.1 Å². The smallest absolute Gasteiger partial charge is 0.119 e. The Hall–Kier alpha value is -0.770. The van der Waals surface area contributed by atoms with E-state index in [9.17, 15) is 4.79 Å². The van der Waals surface area contributed by atoms with Gasteiger partial charge in [-0.1, -0.05) is 26.2 Å². The number of rotatable bonds is 8. The van der Waals surface area contributed by atoms with Crippen LogP contribution in [0.3, 0.4) is 0 Å². The third kappa shape index (κ3) is 11.2. The van der Waals surface area contributed by atoms with Crippen LogP contribution in [0.15, 0.2) is 0 Å². The van der Waals surface area contributed by atoms with Gasteiger partial charge in [-0.3, -0.25) is 0 Å². The molecule has 0 rings (SSSR count). The highest BCUT2D eigenvalue weighted by Crippen LogP contribution is 2.03. The van der Waals surface area contributed by atoms with Crippen molar-refractivity contribution in [1.29, 1.82) is 0 Å². The van der Waals surface area contributed by atoms with Gasteiger partial charge in [-0.25, -0.2) is 0 Å². The summed E-state index contributed by atoms with van der Waals surface area (Å²) < 4.78 is 0. The zero-order valence-corrected chi connectivity index (χ0v) is 9.35. The van der Waals surface area contributed by atoms with Crippen molar-refractivity contribution in [3.63, 3.8) is 0 Å². The standard InChI is InChI=1S/C13H22O/c1-2-3-4-5-6-7-8-9-10-11-12-13-14/h13H,2-4,7-12H2,1H3. The fraction of sp³-hybridized carbons (Fsp3) is 0.769. The van der Waals surface area contributed by atoms with E-state index in [-0.39, 0.29) is 0 Å². The first-order valence-corrected chi connectivity index (χ1v) is 5.81. The van der Waals surface area contributed by atoms with E-state index in [1.165, 1.54) is 32.1 Å². The Morgan fingerprint density at radius 2 is 1.57 bits per heavy atom. The monoisotopic (exact) mass is 194 g/mol. The molecule has 0 aromatic rings. The zero-order chi connectivity index (χ0) is 10.5. The molecule has 0 atom stereocenters. The summed E-state index contributed by atoms with van der Waals surface area (Å²) >= 11 is 0. The second-order valence-electron chi connectivity index (χ2n) is 3.58. The van der Waals surface area contributed by atoms with Crippen LogP contribution in [0.1, 0.15) is 64.7 Å². The second kappa shape index (κ2) is 12.2. The minimum Gasteiger partial charge on any atom is -0.303 e. The highest BCUT2D eigenvalue weighted by atomic mass is 16.1. The lowest BCUT2D eigenvalue weighted by molar-refractivity contribution is -0.107. The van der Waals surface area contributed by atoms with Gasteiger partial charge < -0.3 is 4.79 Å². The SMILES string of the molecule is CCCCC#CCCCCCCC=O. The number of hydrogen-bond donors (Lipinski definition) is 0. The highest BCUT2D eigenvalue weighted by Gasteiger charge is 1.87. The summed E-state index contributed by atoms with van der Waals surface area (Å²) in [5, 5.41) is 0. The van der Waals surface area contributed by atoms with Gasteiger partial charge in [0.2, 0.25) is 0 Å². The van der Waals surface area contributed by atoms with Gasteiger partial charge >= 0.3 is 0 Å². The van der Waals surface area contributed by atoms with Crippen molar-refractivity contribution < 1.29 is 4.79 Å². The molecule has 1 nitrogen and oxygen atoms in total. The maximum absolute atomic E-state index is 10.0. The van der Waals surface area contributed by atoms with Crippen molar-refractivity contribution in [2.45, 2.75) is 64.7 Å². The predicted molar refractivity (Wildman–Crippen MR) is 61.1 cm³/mol. The lowest BCUT2D eigenvalue weighted by Gasteiger charge is -1.94. The van der Waals surface area contributed by atoms with Crippen LogP contribution in [0, 0.1) is 11.8 Å². The lowest BCUT2D eigenvalue weighted by atomic mass is 10.1. The maximum atomic E-state index is 10.0. The van der Waals surface area contributed by atoms with Crippen LogP contribution >= 0.6 is 0 Å². The third-order valence-electron chi connectivity index (χ3n) is 2.15. The normalized spacial score (nSPS) is 9.21. The molecule has 0 aliphatic heterocycles. The van der Waals surface area contributed by atoms with Gasteiger partial charge in [-0.2, -0.15) is 0 Å². The molecular weight excluding hydrogens is 172 g/mol.